The minimum Gasteiger partial charge on any atom is -0.327 e. The summed E-state index contributed by atoms with van der Waals surface area (Å²) >= 11 is 9.29. The zero-order valence-electron chi connectivity index (χ0n) is 13.3. The summed E-state index contributed by atoms with van der Waals surface area (Å²) in [5, 5.41) is 8.89. The Hall–Kier alpha value is -2.31. The lowest BCUT2D eigenvalue weighted by molar-refractivity contribution is -0.113. The molecule has 1 heterocycles. The Morgan fingerprint density at radius 1 is 1.20 bits per heavy atom. The molecular weight excluding hydrogens is 406 g/mol. The van der Waals surface area contributed by atoms with Crippen LogP contribution < -0.4 is 16.0 Å². The normalized spacial score (nSPS) is 16.9. The van der Waals surface area contributed by atoms with Gasteiger partial charge in [-0.3, -0.25) is 4.79 Å². The third-order valence-corrected chi connectivity index (χ3v) is 4.54. The molecule has 1 aliphatic heterocycles. The highest BCUT2D eigenvalue weighted by atomic mass is 79.9. The van der Waals surface area contributed by atoms with E-state index in [0.717, 1.165) is 10.0 Å². The molecule has 3 rings (SSSR count). The Kier molecular flexibility index (Phi) is 5.11. The number of amides is 3. The van der Waals surface area contributed by atoms with Gasteiger partial charge in [0.25, 0.3) is 5.91 Å². The van der Waals surface area contributed by atoms with Crippen LogP contribution in [0.4, 0.5) is 10.5 Å². The molecule has 0 radical (unpaired) electrons. The molecule has 0 bridgehead atoms. The van der Waals surface area contributed by atoms with Crippen molar-refractivity contribution in [3.8, 4) is 0 Å². The van der Waals surface area contributed by atoms with Crippen molar-refractivity contribution in [1.29, 1.82) is 0 Å². The molecule has 25 heavy (non-hydrogen) atoms. The number of carbonyl (C=O) groups excluding carboxylic acids is 2. The third-order valence-electron chi connectivity index (χ3n) is 3.80. The van der Waals surface area contributed by atoms with Crippen molar-refractivity contribution < 1.29 is 9.59 Å². The van der Waals surface area contributed by atoms with Gasteiger partial charge in [-0.15, -0.1) is 0 Å². The van der Waals surface area contributed by atoms with Crippen LogP contribution in [-0.4, -0.2) is 11.9 Å². The van der Waals surface area contributed by atoms with E-state index in [1.807, 2.05) is 24.3 Å². The van der Waals surface area contributed by atoms with Gasteiger partial charge in [0.15, 0.2) is 0 Å². The van der Waals surface area contributed by atoms with E-state index in [-0.39, 0.29) is 11.9 Å². The van der Waals surface area contributed by atoms with E-state index in [1.54, 1.807) is 31.2 Å². The number of rotatable bonds is 3. The second kappa shape index (κ2) is 7.29. The fraction of sp³-hybridized carbons (Fsp3) is 0.111. The van der Waals surface area contributed by atoms with Crippen LogP contribution in [0.25, 0.3) is 0 Å². The molecule has 0 aliphatic carbocycles. The second-order valence-electron chi connectivity index (χ2n) is 5.59. The van der Waals surface area contributed by atoms with Gasteiger partial charge in [0.05, 0.1) is 11.6 Å². The molecular formula is C18H15BrClN3O2. The lowest BCUT2D eigenvalue weighted by atomic mass is 9.95. The van der Waals surface area contributed by atoms with E-state index >= 15 is 0 Å². The molecule has 0 aromatic heterocycles. The van der Waals surface area contributed by atoms with E-state index in [9.17, 15) is 9.59 Å². The summed E-state index contributed by atoms with van der Waals surface area (Å²) in [6.07, 6.45) is 0. The first-order chi connectivity index (χ1) is 11.9. The van der Waals surface area contributed by atoms with Crippen LogP contribution in [0, 0.1) is 0 Å². The van der Waals surface area contributed by atoms with Gasteiger partial charge < -0.3 is 16.0 Å². The maximum Gasteiger partial charge on any atom is 0.319 e. The molecule has 0 saturated heterocycles. The number of nitrogens with one attached hydrogen (secondary N) is 3. The molecule has 3 amide bonds. The zero-order valence-corrected chi connectivity index (χ0v) is 15.6. The molecule has 1 aliphatic rings. The largest absolute Gasteiger partial charge is 0.327 e. The van der Waals surface area contributed by atoms with Crippen LogP contribution >= 0.6 is 27.5 Å². The predicted molar refractivity (Wildman–Crippen MR) is 101 cm³/mol. The van der Waals surface area contributed by atoms with Crippen LogP contribution in [0.15, 0.2) is 64.3 Å². The number of halogens is 2. The van der Waals surface area contributed by atoms with Crippen molar-refractivity contribution in [2.24, 2.45) is 0 Å². The Balaban J connectivity index is 1.94. The van der Waals surface area contributed by atoms with Crippen LogP contribution in [0.5, 0.6) is 0 Å². The van der Waals surface area contributed by atoms with Gasteiger partial charge >= 0.3 is 6.03 Å². The number of hydrogen-bond donors (Lipinski definition) is 3. The summed E-state index contributed by atoms with van der Waals surface area (Å²) in [7, 11) is 0. The summed E-state index contributed by atoms with van der Waals surface area (Å²) in [6, 6.07) is 13.4. The van der Waals surface area contributed by atoms with Crippen molar-refractivity contribution in [3.05, 3.63) is 74.9 Å². The lowest BCUT2D eigenvalue weighted by Crippen LogP contribution is -2.45. The van der Waals surface area contributed by atoms with Gasteiger partial charge in [-0.05, 0) is 48.9 Å². The predicted octanol–water partition coefficient (Wildman–Crippen LogP) is 4.37. The highest BCUT2D eigenvalue weighted by Crippen LogP contribution is 2.29. The SMILES string of the molecule is CC1=C(C(=O)Nc2ccc(Cl)cc2)[C@H](c2cccc(Br)c2)NC(=O)N1. The monoisotopic (exact) mass is 419 g/mol. The number of benzene rings is 2. The van der Waals surface area contributed by atoms with Gasteiger partial charge in [-0.1, -0.05) is 39.7 Å². The summed E-state index contributed by atoms with van der Waals surface area (Å²) in [4.78, 5) is 24.7. The maximum atomic E-state index is 12.8. The molecule has 0 saturated carbocycles. The standard InChI is InChI=1S/C18H15BrClN3O2/c1-10-15(17(24)22-14-7-5-13(20)6-8-14)16(23-18(25)21-10)11-3-2-4-12(19)9-11/h2-9,16H,1H3,(H,22,24)(H2,21,23,25)/t16-/m0/s1. The first-order valence-corrected chi connectivity index (χ1v) is 8.72. The van der Waals surface area contributed by atoms with Crippen molar-refractivity contribution in [2.45, 2.75) is 13.0 Å². The minimum atomic E-state index is -0.543. The van der Waals surface area contributed by atoms with Crippen molar-refractivity contribution in [3.63, 3.8) is 0 Å². The maximum absolute atomic E-state index is 12.8. The average molecular weight is 421 g/mol. The minimum absolute atomic E-state index is 0.294. The Bertz CT molecular complexity index is 865. The van der Waals surface area contributed by atoms with Crippen LogP contribution in [0.3, 0.4) is 0 Å². The lowest BCUT2D eigenvalue weighted by Gasteiger charge is -2.28. The van der Waals surface area contributed by atoms with Gasteiger partial charge in [-0.2, -0.15) is 0 Å². The molecule has 0 unspecified atom stereocenters. The van der Waals surface area contributed by atoms with E-state index in [1.165, 1.54) is 0 Å². The summed E-state index contributed by atoms with van der Waals surface area (Å²) in [5.74, 6) is -0.294. The Morgan fingerprint density at radius 2 is 1.92 bits per heavy atom. The zero-order chi connectivity index (χ0) is 18.0. The summed E-state index contributed by atoms with van der Waals surface area (Å²) in [6.45, 7) is 1.71. The molecule has 3 N–H and O–H groups in total. The molecule has 2 aromatic carbocycles. The first kappa shape index (κ1) is 17.5. The molecule has 128 valence electrons. The van der Waals surface area contributed by atoms with Crippen LogP contribution in [-0.2, 0) is 4.79 Å². The van der Waals surface area contributed by atoms with Crippen LogP contribution in [0.2, 0.25) is 5.02 Å². The third kappa shape index (κ3) is 4.03. The summed E-state index contributed by atoms with van der Waals surface area (Å²) < 4.78 is 0.868. The fourth-order valence-electron chi connectivity index (χ4n) is 2.66. The smallest absolute Gasteiger partial charge is 0.319 e. The number of carbonyl (C=O) groups is 2. The highest BCUT2D eigenvalue weighted by Gasteiger charge is 2.31. The van der Waals surface area contributed by atoms with E-state index in [4.69, 9.17) is 11.6 Å². The van der Waals surface area contributed by atoms with Gasteiger partial charge in [0.2, 0.25) is 0 Å². The van der Waals surface area contributed by atoms with E-state index in [0.29, 0.717) is 22.0 Å². The number of allylic oxidation sites excluding steroid dienone is 1. The quantitative estimate of drug-likeness (QED) is 0.690. The topological polar surface area (TPSA) is 70.2 Å². The summed E-state index contributed by atoms with van der Waals surface area (Å²) in [5.41, 5.74) is 2.40. The van der Waals surface area contributed by atoms with E-state index in [2.05, 4.69) is 31.9 Å². The van der Waals surface area contributed by atoms with Crippen molar-refractivity contribution in [1.82, 2.24) is 10.6 Å². The number of hydrogen-bond acceptors (Lipinski definition) is 2. The van der Waals surface area contributed by atoms with Gasteiger partial charge in [-0.25, -0.2) is 4.79 Å². The van der Waals surface area contributed by atoms with Gasteiger partial charge in [0, 0.05) is 20.9 Å². The highest BCUT2D eigenvalue weighted by molar-refractivity contribution is 9.10. The Morgan fingerprint density at radius 3 is 2.60 bits per heavy atom. The molecule has 1 atom stereocenters. The first-order valence-electron chi connectivity index (χ1n) is 7.54. The van der Waals surface area contributed by atoms with Crippen LogP contribution in [0.1, 0.15) is 18.5 Å². The molecule has 0 spiro atoms. The molecule has 5 nitrogen and oxygen atoms in total. The number of anilines is 1. The van der Waals surface area contributed by atoms with Crippen molar-refractivity contribution in [2.75, 3.05) is 5.32 Å². The molecule has 2 aromatic rings. The van der Waals surface area contributed by atoms with Crippen molar-refractivity contribution >= 4 is 45.2 Å². The Labute approximate surface area is 158 Å². The molecule has 0 fully saturated rings. The molecule has 7 heteroatoms. The number of urea groups is 1. The van der Waals surface area contributed by atoms with Gasteiger partial charge in [0.1, 0.15) is 0 Å². The fourth-order valence-corrected chi connectivity index (χ4v) is 3.21. The second-order valence-corrected chi connectivity index (χ2v) is 6.94. The average Bonchev–Trinajstić information content (AvgIpc) is 2.56. The van der Waals surface area contributed by atoms with E-state index < -0.39 is 6.04 Å².